The summed E-state index contributed by atoms with van der Waals surface area (Å²) < 4.78 is 0.926. The van der Waals surface area contributed by atoms with Crippen LogP contribution in [-0.2, 0) is 0 Å². The van der Waals surface area contributed by atoms with E-state index in [4.69, 9.17) is 11.6 Å². The zero-order valence-electron chi connectivity index (χ0n) is 8.74. The number of thiazole rings is 1. The van der Waals surface area contributed by atoms with Crippen LogP contribution in [0.4, 0.5) is 0 Å². The first-order chi connectivity index (χ1) is 7.59. The number of nitrogens with zero attached hydrogens (tertiary/aromatic N) is 3. The molecule has 0 aliphatic rings. The van der Waals surface area contributed by atoms with Crippen molar-refractivity contribution in [2.75, 3.05) is 0 Å². The van der Waals surface area contributed by atoms with Gasteiger partial charge in [-0.25, -0.2) is 15.0 Å². The molecule has 2 aromatic heterocycles. The molecule has 16 heavy (non-hydrogen) atoms. The van der Waals surface area contributed by atoms with Gasteiger partial charge in [0.25, 0.3) is 0 Å². The van der Waals surface area contributed by atoms with Gasteiger partial charge in [0, 0.05) is 11.6 Å². The highest BCUT2D eigenvalue weighted by Gasteiger charge is 2.15. The second-order valence-corrected chi connectivity index (χ2v) is 5.86. The molecular weight excluding hydrogens is 357 g/mol. The minimum atomic E-state index is 0.325. The van der Waals surface area contributed by atoms with Gasteiger partial charge in [-0.1, -0.05) is 25.4 Å². The fraction of sp³-hybridized carbons (Fsp3) is 0.300. The SMILES string of the molecule is CC(C)c1nc(-c2nccs2)nc(Cl)c1I. The summed E-state index contributed by atoms with van der Waals surface area (Å²) in [5.74, 6) is 0.940. The Bertz CT molecular complexity index is 499. The summed E-state index contributed by atoms with van der Waals surface area (Å²) in [6.45, 7) is 4.18. The molecule has 0 aliphatic heterocycles. The number of rotatable bonds is 2. The highest BCUT2D eigenvalue weighted by atomic mass is 127. The molecule has 6 heteroatoms. The third-order valence-electron chi connectivity index (χ3n) is 2.01. The highest BCUT2D eigenvalue weighted by Crippen LogP contribution is 2.28. The van der Waals surface area contributed by atoms with Gasteiger partial charge in [0.2, 0.25) is 0 Å². The molecule has 0 atom stereocenters. The fourth-order valence-electron chi connectivity index (χ4n) is 1.25. The van der Waals surface area contributed by atoms with Gasteiger partial charge in [-0.05, 0) is 28.5 Å². The van der Waals surface area contributed by atoms with Gasteiger partial charge in [0.1, 0.15) is 5.15 Å². The van der Waals surface area contributed by atoms with Gasteiger partial charge in [-0.3, -0.25) is 0 Å². The van der Waals surface area contributed by atoms with E-state index >= 15 is 0 Å². The van der Waals surface area contributed by atoms with Crippen molar-refractivity contribution in [1.82, 2.24) is 15.0 Å². The Kier molecular flexibility index (Phi) is 3.76. The van der Waals surface area contributed by atoms with Crippen LogP contribution in [0.5, 0.6) is 0 Å². The van der Waals surface area contributed by atoms with Crippen LogP contribution < -0.4 is 0 Å². The second kappa shape index (κ2) is 4.93. The largest absolute Gasteiger partial charge is 0.241 e. The Hall–Kier alpha value is -0.270. The maximum Gasteiger partial charge on any atom is 0.190 e. The molecule has 0 aliphatic carbocycles. The van der Waals surface area contributed by atoms with E-state index in [0.29, 0.717) is 16.9 Å². The summed E-state index contributed by atoms with van der Waals surface area (Å²) in [5.41, 5.74) is 0.978. The fourth-order valence-corrected chi connectivity index (χ4v) is 2.86. The minimum Gasteiger partial charge on any atom is -0.241 e. The minimum absolute atomic E-state index is 0.325. The molecule has 0 spiro atoms. The lowest BCUT2D eigenvalue weighted by molar-refractivity contribution is 0.808. The van der Waals surface area contributed by atoms with Crippen LogP contribution in [0.3, 0.4) is 0 Å². The Morgan fingerprint density at radius 2 is 2.12 bits per heavy atom. The first-order valence-corrected chi connectivity index (χ1v) is 7.06. The zero-order chi connectivity index (χ0) is 11.7. The molecule has 84 valence electrons. The molecule has 2 heterocycles. The van der Waals surface area contributed by atoms with E-state index in [2.05, 4.69) is 51.4 Å². The number of hydrogen-bond donors (Lipinski definition) is 0. The molecule has 0 saturated heterocycles. The number of aromatic nitrogens is 3. The van der Waals surface area contributed by atoms with Crippen LogP contribution >= 0.6 is 45.5 Å². The number of halogens is 2. The van der Waals surface area contributed by atoms with Crippen molar-refractivity contribution in [3.05, 3.63) is 26.0 Å². The summed E-state index contributed by atoms with van der Waals surface area (Å²) in [5, 5.41) is 3.21. The van der Waals surface area contributed by atoms with Crippen molar-refractivity contribution in [2.45, 2.75) is 19.8 Å². The maximum atomic E-state index is 6.10. The molecule has 0 radical (unpaired) electrons. The normalized spacial score (nSPS) is 11.1. The van der Waals surface area contributed by atoms with E-state index in [1.807, 2.05) is 5.38 Å². The summed E-state index contributed by atoms with van der Waals surface area (Å²) in [4.78, 5) is 13.0. The van der Waals surface area contributed by atoms with Gasteiger partial charge < -0.3 is 0 Å². The van der Waals surface area contributed by atoms with Crippen LogP contribution in [-0.4, -0.2) is 15.0 Å². The van der Waals surface area contributed by atoms with Crippen LogP contribution in [0.25, 0.3) is 10.8 Å². The second-order valence-electron chi connectivity index (χ2n) is 3.53. The highest BCUT2D eigenvalue weighted by molar-refractivity contribution is 14.1. The monoisotopic (exact) mass is 365 g/mol. The van der Waals surface area contributed by atoms with E-state index in [1.165, 1.54) is 11.3 Å². The van der Waals surface area contributed by atoms with E-state index < -0.39 is 0 Å². The smallest absolute Gasteiger partial charge is 0.190 e. The molecule has 0 aromatic carbocycles. The summed E-state index contributed by atoms with van der Waals surface area (Å²) in [7, 11) is 0. The molecule has 0 saturated carbocycles. The predicted molar refractivity (Wildman–Crippen MR) is 75.0 cm³/mol. The Labute approximate surface area is 116 Å². The summed E-state index contributed by atoms with van der Waals surface area (Å²) in [6.07, 6.45) is 1.74. The molecule has 0 unspecified atom stereocenters. The van der Waals surface area contributed by atoms with Crippen molar-refractivity contribution in [3.8, 4) is 10.8 Å². The third-order valence-corrected chi connectivity index (χ3v) is 4.43. The van der Waals surface area contributed by atoms with Gasteiger partial charge in [-0.2, -0.15) is 0 Å². The molecule has 0 bridgehead atoms. The van der Waals surface area contributed by atoms with Gasteiger partial charge in [-0.15, -0.1) is 11.3 Å². The van der Waals surface area contributed by atoms with Gasteiger partial charge >= 0.3 is 0 Å². The Morgan fingerprint density at radius 3 is 2.69 bits per heavy atom. The topological polar surface area (TPSA) is 38.7 Å². The number of hydrogen-bond acceptors (Lipinski definition) is 4. The van der Waals surface area contributed by atoms with E-state index in [1.54, 1.807) is 6.20 Å². The molecule has 2 rings (SSSR count). The molecule has 3 nitrogen and oxygen atoms in total. The van der Waals surface area contributed by atoms with Gasteiger partial charge in [0.15, 0.2) is 10.8 Å². The van der Waals surface area contributed by atoms with Crippen molar-refractivity contribution < 1.29 is 0 Å². The average Bonchev–Trinajstić information content (AvgIpc) is 2.74. The predicted octanol–water partition coefficient (Wildman–Crippen LogP) is 3.98. The van der Waals surface area contributed by atoms with Crippen LogP contribution in [0.15, 0.2) is 11.6 Å². The van der Waals surface area contributed by atoms with Crippen molar-refractivity contribution >= 4 is 45.5 Å². The standard InChI is InChI=1S/C10H9ClIN3S/c1-5(2)7-6(12)8(11)15-9(14-7)10-13-3-4-16-10/h3-5H,1-2H3. The quantitative estimate of drug-likeness (QED) is 0.597. The zero-order valence-corrected chi connectivity index (χ0v) is 12.5. The first-order valence-electron chi connectivity index (χ1n) is 4.72. The average molecular weight is 366 g/mol. The lowest BCUT2D eigenvalue weighted by atomic mass is 10.1. The van der Waals surface area contributed by atoms with Crippen LogP contribution in [0.1, 0.15) is 25.5 Å². The van der Waals surface area contributed by atoms with Crippen molar-refractivity contribution in [3.63, 3.8) is 0 Å². The Morgan fingerprint density at radius 1 is 1.38 bits per heavy atom. The van der Waals surface area contributed by atoms with Crippen LogP contribution in [0, 0.1) is 3.57 Å². The lowest BCUT2D eigenvalue weighted by Crippen LogP contribution is -2.02. The summed E-state index contributed by atoms with van der Waals surface area (Å²) in [6, 6.07) is 0. The molecule has 2 aromatic rings. The van der Waals surface area contributed by atoms with Crippen molar-refractivity contribution in [1.29, 1.82) is 0 Å². The van der Waals surface area contributed by atoms with Gasteiger partial charge in [0.05, 0.1) is 9.26 Å². The summed E-state index contributed by atoms with van der Waals surface area (Å²) >= 11 is 9.79. The van der Waals surface area contributed by atoms with Crippen LogP contribution in [0.2, 0.25) is 5.15 Å². The van der Waals surface area contributed by atoms with E-state index in [-0.39, 0.29) is 0 Å². The first kappa shape index (κ1) is 12.2. The molecule has 0 amide bonds. The van der Waals surface area contributed by atoms with Crippen molar-refractivity contribution in [2.24, 2.45) is 0 Å². The van der Waals surface area contributed by atoms with E-state index in [0.717, 1.165) is 14.3 Å². The molecule has 0 N–H and O–H groups in total. The maximum absolute atomic E-state index is 6.10. The molecular formula is C10H9ClIN3S. The third kappa shape index (κ3) is 2.36. The lowest BCUT2D eigenvalue weighted by Gasteiger charge is -2.09. The molecule has 0 fully saturated rings. The Balaban J connectivity index is 2.57. The van der Waals surface area contributed by atoms with E-state index in [9.17, 15) is 0 Å².